The number of nitrogens with zero attached hydrogens (tertiary/aromatic N) is 1. The van der Waals surface area contributed by atoms with E-state index in [1.807, 2.05) is 43.3 Å². The van der Waals surface area contributed by atoms with Crippen LogP contribution in [0.1, 0.15) is 26.2 Å². The van der Waals surface area contributed by atoms with Crippen LogP contribution in [0.25, 0.3) is 0 Å². The van der Waals surface area contributed by atoms with E-state index in [-0.39, 0.29) is 11.8 Å². The molecule has 23 heavy (non-hydrogen) atoms. The van der Waals surface area contributed by atoms with E-state index < -0.39 is 0 Å². The van der Waals surface area contributed by atoms with Gasteiger partial charge in [-0.2, -0.15) is 0 Å². The van der Waals surface area contributed by atoms with E-state index in [2.05, 4.69) is 15.6 Å². The average molecular weight is 311 g/mol. The second-order valence-electron chi connectivity index (χ2n) is 5.63. The van der Waals surface area contributed by atoms with Crippen molar-refractivity contribution in [1.29, 1.82) is 0 Å². The number of carbonyl (C=O) groups is 1. The molecule has 1 amide bonds. The van der Waals surface area contributed by atoms with E-state index in [1.165, 1.54) is 0 Å². The number of nitrogens with one attached hydrogen (secondary N) is 2. The molecule has 0 saturated heterocycles. The molecule has 1 aliphatic rings. The number of anilines is 3. The van der Waals surface area contributed by atoms with Crippen molar-refractivity contribution < 1.29 is 9.53 Å². The molecule has 0 radical (unpaired) electrons. The Bertz CT molecular complexity index is 649. The normalized spacial score (nSPS) is 14.0. The minimum absolute atomic E-state index is 0.0796. The fraction of sp³-hybridized carbons (Fsp3) is 0.333. The van der Waals surface area contributed by atoms with Gasteiger partial charge in [0.1, 0.15) is 11.6 Å². The molecule has 0 aliphatic heterocycles. The maximum atomic E-state index is 11.9. The predicted molar refractivity (Wildman–Crippen MR) is 91.1 cm³/mol. The van der Waals surface area contributed by atoms with Gasteiger partial charge in [-0.05, 0) is 56.2 Å². The molecule has 1 aromatic carbocycles. The molecule has 1 aliphatic carbocycles. The SMILES string of the molecule is CCOc1ccc(Nc2ccc(NC(=O)C3CCC3)nc2)cc1. The monoisotopic (exact) mass is 311 g/mol. The van der Waals surface area contributed by atoms with Gasteiger partial charge in [-0.1, -0.05) is 6.42 Å². The molecule has 5 heteroatoms. The van der Waals surface area contributed by atoms with Crippen molar-refractivity contribution >= 4 is 23.1 Å². The first-order valence-corrected chi connectivity index (χ1v) is 8.01. The zero-order chi connectivity index (χ0) is 16.1. The van der Waals surface area contributed by atoms with Crippen molar-refractivity contribution in [2.24, 2.45) is 5.92 Å². The van der Waals surface area contributed by atoms with Crippen LogP contribution >= 0.6 is 0 Å². The molecule has 0 spiro atoms. The Labute approximate surface area is 136 Å². The summed E-state index contributed by atoms with van der Waals surface area (Å²) in [5, 5.41) is 6.13. The summed E-state index contributed by atoms with van der Waals surface area (Å²) >= 11 is 0. The Morgan fingerprint density at radius 1 is 1.17 bits per heavy atom. The molecule has 0 atom stereocenters. The molecule has 2 N–H and O–H groups in total. The van der Waals surface area contributed by atoms with Crippen LogP contribution in [0.15, 0.2) is 42.6 Å². The fourth-order valence-corrected chi connectivity index (χ4v) is 2.41. The van der Waals surface area contributed by atoms with Crippen molar-refractivity contribution in [3.05, 3.63) is 42.6 Å². The Morgan fingerprint density at radius 2 is 1.91 bits per heavy atom. The number of hydrogen-bond acceptors (Lipinski definition) is 4. The second kappa shape index (κ2) is 7.13. The molecule has 0 bridgehead atoms. The number of pyridine rings is 1. The van der Waals surface area contributed by atoms with Crippen LogP contribution in [0.3, 0.4) is 0 Å². The van der Waals surface area contributed by atoms with Crippen molar-refractivity contribution in [1.82, 2.24) is 4.98 Å². The molecule has 2 aromatic rings. The summed E-state index contributed by atoms with van der Waals surface area (Å²) in [4.78, 5) is 16.2. The largest absolute Gasteiger partial charge is 0.494 e. The molecule has 1 saturated carbocycles. The topological polar surface area (TPSA) is 63.2 Å². The quantitative estimate of drug-likeness (QED) is 0.847. The van der Waals surface area contributed by atoms with Crippen LogP contribution in [0.5, 0.6) is 5.75 Å². The number of hydrogen-bond donors (Lipinski definition) is 2. The van der Waals surface area contributed by atoms with Gasteiger partial charge in [-0.3, -0.25) is 4.79 Å². The van der Waals surface area contributed by atoms with Gasteiger partial charge < -0.3 is 15.4 Å². The van der Waals surface area contributed by atoms with Crippen LogP contribution < -0.4 is 15.4 Å². The molecule has 1 fully saturated rings. The fourth-order valence-electron chi connectivity index (χ4n) is 2.41. The smallest absolute Gasteiger partial charge is 0.228 e. The van der Waals surface area contributed by atoms with Crippen LogP contribution in [-0.2, 0) is 4.79 Å². The van der Waals surface area contributed by atoms with Crippen molar-refractivity contribution in [2.45, 2.75) is 26.2 Å². The summed E-state index contributed by atoms with van der Waals surface area (Å²) in [5.74, 6) is 1.69. The Morgan fingerprint density at radius 3 is 2.48 bits per heavy atom. The van der Waals surface area contributed by atoms with E-state index in [1.54, 1.807) is 6.20 Å². The zero-order valence-corrected chi connectivity index (χ0v) is 13.2. The molecule has 1 aromatic heterocycles. The van der Waals surface area contributed by atoms with Crippen LogP contribution in [0.2, 0.25) is 0 Å². The Hall–Kier alpha value is -2.56. The highest BCUT2D eigenvalue weighted by Gasteiger charge is 2.25. The first-order chi connectivity index (χ1) is 11.2. The summed E-state index contributed by atoms with van der Waals surface area (Å²) in [7, 11) is 0. The molecule has 120 valence electrons. The number of ether oxygens (including phenoxy) is 1. The van der Waals surface area contributed by atoms with E-state index in [9.17, 15) is 4.79 Å². The highest BCUT2D eigenvalue weighted by molar-refractivity contribution is 5.92. The van der Waals surface area contributed by atoms with Gasteiger partial charge in [0, 0.05) is 11.6 Å². The molecule has 5 nitrogen and oxygen atoms in total. The summed E-state index contributed by atoms with van der Waals surface area (Å²) in [5.41, 5.74) is 1.83. The lowest BCUT2D eigenvalue weighted by molar-refractivity contribution is -0.122. The van der Waals surface area contributed by atoms with Crippen LogP contribution in [0, 0.1) is 5.92 Å². The van der Waals surface area contributed by atoms with E-state index in [4.69, 9.17) is 4.74 Å². The summed E-state index contributed by atoms with van der Waals surface area (Å²) in [6.07, 6.45) is 4.84. The molecular formula is C18H21N3O2. The Balaban J connectivity index is 1.57. The van der Waals surface area contributed by atoms with E-state index in [0.29, 0.717) is 12.4 Å². The van der Waals surface area contributed by atoms with Gasteiger partial charge in [0.25, 0.3) is 0 Å². The molecular weight excluding hydrogens is 290 g/mol. The van der Waals surface area contributed by atoms with Gasteiger partial charge in [-0.15, -0.1) is 0 Å². The number of amides is 1. The third kappa shape index (κ3) is 4.00. The third-order valence-electron chi connectivity index (χ3n) is 3.94. The number of carbonyl (C=O) groups excluding carboxylic acids is 1. The highest BCUT2D eigenvalue weighted by Crippen LogP contribution is 2.27. The first-order valence-electron chi connectivity index (χ1n) is 8.01. The molecule has 3 rings (SSSR count). The maximum absolute atomic E-state index is 11.9. The molecule has 0 unspecified atom stereocenters. The third-order valence-corrected chi connectivity index (χ3v) is 3.94. The lowest BCUT2D eigenvalue weighted by atomic mass is 9.85. The number of benzene rings is 1. The van der Waals surface area contributed by atoms with Crippen LogP contribution in [0.4, 0.5) is 17.2 Å². The van der Waals surface area contributed by atoms with Crippen LogP contribution in [-0.4, -0.2) is 17.5 Å². The van der Waals surface area contributed by atoms with Gasteiger partial charge in [0.2, 0.25) is 5.91 Å². The standard InChI is InChI=1S/C18H21N3O2/c1-2-23-16-9-6-14(7-10-16)20-15-8-11-17(19-12-15)21-18(22)13-4-3-5-13/h6-13,20H,2-5H2,1H3,(H,19,21,22). The zero-order valence-electron chi connectivity index (χ0n) is 13.2. The summed E-state index contributed by atoms with van der Waals surface area (Å²) < 4.78 is 5.42. The second-order valence-corrected chi connectivity index (χ2v) is 5.63. The number of aromatic nitrogens is 1. The van der Waals surface area contributed by atoms with Gasteiger partial charge in [0.05, 0.1) is 18.5 Å². The van der Waals surface area contributed by atoms with Crippen molar-refractivity contribution in [2.75, 3.05) is 17.2 Å². The first kappa shape index (κ1) is 15.3. The summed E-state index contributed by atoms with van der Waals surface area (Å²) in [6, 6.07) is 11.5. The van der Waals surface area contributed by atoms with E-state index in [0.717, 1.165) is 36.4 Å². The lowest BCUT2D eigenvalue weighted by Crippen LogP contribution is -2.28. The van der Waals surface area contributed by atoms with Gasteiger partial charge in [-0.25, -0.2) is 4.98 Å². The maximum Gasteiger partial charge on any atom is 0.228 e. The minimum Gasteiger partial charge on any atom is -0.494 e. The minimum atomic E-state index is 0.0796. The average Bonchev–Trinajstić information content (AvgIpc) is 2.50. The Kier molecular flexibility index (Phi) is 4.76. The molecule has 1 heterocycles. The van der Waals surface area contributed by atoms with Gasteiger partial charge in [0.15, 0.2) is 0 Å². The highest BCUT2D eigenvalue weighted by atomic mass is 16.5. The predicted octanol–water partition coefficient (Wildman–Crippen LogP) is 3.96. The van der Waals surface area contributed by atoms with Crippen molar-refractivity contribution in [3.63, 3.8) is 0 Å². The van der Waals surface area contributed by atoms with Crippen molar-refractivity contribution in [3.8, 4) is 5.75 Å². The lowest BCUT2D eigenvalue weighted by Gasteiger charge is -2.23. The van der Waals surface area contributed by atoms with E-state index >= 15 is 0 Å². The summed E-state index contributed by atoms with van der Waals surface area (Å²) in [6.45, 7) is 2.62. The van der Waals surface area contributed by atoms with Gasteiger partial charge >= 0.3 is 0 Å². The number of rotatable bonds is 6.